The lowest BCUT2D eigenvalue weighted by molar-refractivity contribution is 0.155. The van der Waals surface area contributed by atoms with Gasteiger partial charge in [0.15, 0.2) is 0 Å². The summed E-state index contributed by atoms with van der Waals surface area (Å²) in [5.74, 6) is 0.782. The number of likely N-dealkylation sites (N-methyl/N-ethyl adjacent to an activating group) is 1. The molecule has 3 nitrogen and oxygen atoms in total. The summed E-state index contributed by atoms with van der Waals surface area (Å²) in [6, 6.07) is 1.29. The molecule has 0 aromatic heterocycles. The smallest absolute Gasteiger partial charge is 0.0254 e. The molecule has 1 aliphatic heterocycles. The highest BCUT2D eigenvalue weighted by Gasteiger charge is 2.35. The quantitative estimate of drug-likeness (QED) is 0.765. The van der Waals surface area contributed by atoms with Gasteiger partial charge in [-0.15, -0.1) is 0 Å². The predicted molar refractivity (Wildman–Crippen MR) is 84.6 cm³/mol. The summed E-state index contributed by atoms with van der Waals surface area (Å²) >= 11 is 0. The van der Waals surface area contributed by atoms with E-state index in [1.807, 2.05) is 0 Å². The summed E-state index contributed by atoms with van der Waals surface area (Å²) in [6.07, 6.45) is 1.21. The van der Waals surface area contributed by atoms with Gasteiger partial charge in [-0.3, -0.25) is 0 Å². The summed E-state index contributed by atoms with van der Waals surface area (Å²) in [5.41, 5.74) is 0.329. The van der Waals surface area contributed by atoms with Gasteiger partial charge in [0, 0.05) is 31.7 Å². The van der Waals surface area contributed by atoms with Gasteiger partial charge in [0.25, 0.3) is 0 Å². The zero-order valence-corrected chi connectivity index (χ0v) is 14.2. The van der Waals surface area contributed by atoms with Crippen molar-refractivity contribution in [2.45, 2.75) is 53.1 Å². The Morgan fingerprint density at radius 3 is 2.42 bits per heavy atom. The third-order valence-corrected chi connectivity index (χ3v) is 4.82. The molecule has 3 heteroatoms. The third kappa shape index (κ3) is 4.73. The van der Waals surface area contributed by atoms with Crippen molar-refractivity contribution in [2.75, 3.05) is 40.3 Å². The van der Waals surface area contributed by atoms with E-state index in [1.54, 1.807) is 0 Å². The van der Waals surface area contributed by atoms with Crippen molar-refractivity contribution in [3.05, 3.63) is 0 Å². The van der Waals surface area contributed by atoms with Crippen molar-refractivity contribution in [2.24, 2.45) is 11.3 Å². The largest absolute Gasteiger partial charge is 0.314 e. The molecule has 19 heavy (non-hydrogen) atoms. The summed E-state index contributed by atoms with van der Waals surface area (Å²) in [4.78, 5) is 5.04. The summed E-state index contributed by atoms with van der Waals surface area (Å²) in [5, 5.41) is 3.65. The van der Waals surface area contributed by atoms with E-state index in [2.05, 4.69) is 63.8 Å². The van der Waals surface area contributed by atoms with E-state index in [9.17, 15) is 0 Å². The first-order chi connectivity index (χ1) is 8.77. The van der Waals surface area contributed by atoms with Crippen LogP contribution in [0.4, 0.5) is 0 Å². The Balaban J connectivity index is 2.50. The highest BCUT2D eigenvalue weighted by Crippen LogP contribution is 2.27. The molecule has 114 valence electrons. The van der Waals surface area contributed by atoms with Crippen LogP contribution >= 0.6 is 0 Å². The van der Waals surface area contributed by atoms with E-state index in [0.29, 0.717) is 11.5 Å². The Labute approximate surface area is 120 Å². The van der Waals surface area contributed by atoms with Gasteiger partial charge in [0.2, 0.25) is 0 Å². The number of nitrogens with one attached hydrogen (secondary N) is 1. The van der Waals surface area contributed by atoms with Gasteiger partial charge in [0.1, 0.15) is 0 Å². The molecule has 1 fully saturated rings. The molecule has 3 atom stereocenters. The maximum Gasteiger partial charge on any atom is 0.0254 e. The Morgan fingerprint density at radius 2 is 1.95 bits per heavy atom. The van der Waals surface area contributed by atoms with Gasteiger partial charge in [-0.1, -0.05) is 27.7 Å². The zero-order valence-electron chi connectivity index (χ0n) is 14.2. The predicted octanol–water partition coefficient (Wildman–Crippen LogP) is 2.28. The molecule has 0 radical (unpaired) electrons. The molecule has 0 aliphatic carbocycles. The molecule has 1 N–H and O–H groups in total. The van der Waals surface area contributed by atoms with Crippen LogP contribution in [0, 0.1) is 11.3 Å². The lowest BCUT2D eigenvalue weighted by Crippen LogP contribution is -2.47. The van der Waals surface area contributed by atoms with Gasteiger partial charge in [-0.2, -0.15) is 0 Å². The number of nitrogens with zero attached hydrogens (tertiary/aromatic N) is 2. The number of hydrogen-bond donors (Lipinski definition) is 1. The highest BCUT2D eigenvalue weighted by molar-refractivity contribution is 4.91. The van der Waals surface area contributed by atoms with Crippen LogP contribution < -0.4 is 5.32 Å². The van der Waals surface area contributed by atoms with Crippen molar-refractivity contribution < 1.29 is 0 Å². The van der Waals surface area contributed by atoms with E-state index in [-0.39, 0.29) is 0 Å². The number of rotatable bonds is 7. The first kappa shape index (κ1) is 16.9. The topological polar surface area (TPSA) is 18.5 Å². The SMILES string of the molecule is CCCNC(C)C(C)(C)CN1CC(C)C(N(C)C)C1. The van der Waals surface area contributed by atoms with Gasteiger partial charge >= 0.3 is 0 Å². The number of hydrogen-bond acceptors (Lipinski definition) is 3. The molecule has 1 rings (SSSR count). The van der Waals surface area contributed by atoms with Gasteiger partial charge in [-0.25, -0.2) is 0 Å². The minimum Gasteiger partial charge on any atom is -0.314 e. The molecular formula is C16H35N3. The van der Waals surface area contributed by atoms with E-state index in [0.717, 1.165) is 18.5 Å². The molecule has 0 aromatic rings. The average molecular weight is 269 g/mol. The minimum absolute atomic E-state index is 0.329. The van der Waals surface area contributed by atoms with E-state index < -0.39 is 0 Å². The maximum absolute atomic E-state index is 3.65. The average Bonchev–Trinajstić information content (AvgIpc) is 2.66. The Bertz CT molecular complexity index is 263. The second-order valence-electron chi connectivity index (χ2n) is 7.37. The van der Waals surface area contributed by atoms with Crippen LogP contribution in [0.15, 0.2) is 0 Å². The van der Waals surface area contributed by atoms with Crippen LogP contribution in [0.25, 0.3) is 0 Å². The molecule has 3 unspecified atom stereocenters. The van der Waals surface area contributed by atoms with Gasteiger partial charge in [-0.05, 0) is 45.3 Å². The van der Waals surface area contributed by atoms with Crippen LogP contribution in [0.2, 0.25) is 0 Å². The minimum atomic E-state index is 0.329. The van der Waals surface area contributed by atoms with Gasteiger partial charge in [0.05, 0.1) is 0 Å². The first-order valence-electron chi connectivity index (χ1n) is 7.90. The Morgan fingerprint density at radius 1 is 1.32 bits per heavy atom. The standard InChI is InChI=1S/C16H35N3/c1-8-9-17-14(3)16(4,5)12-19-10-13(2)15(11-19)18(6)7/h13-15,17H,8-12H2,1-7H3. The summed E-state index contributed by atoms with van der Waals surface area (Å²) in [6.45, 7) is 16.5. The Hall–Kier alpha value is -0.120. The van der Waals surface area contributed by atoms with Crippen molar-refractivity contribution in [1.29, 1.82) is 0 Å². The normalized spacial score (nSPS) is 27.2. The lowest BCUT2D eigenvalue weighted by atomic mass is 9.84. The number of likely N-dealkylation sites (tertiary alicyclic amines) is 1. The van der Waals surface area contributed by atoms with Crippen LogP contribution in [0.3, 0.4) is 0 Å². The van der Waals surface area contributed by atoms with Crippen LogP contribution in [-0.2, 0) is 0 Å². The first-order valence-corrected chi connectivity index (χ1v) is 7.90. The van der Waals surface area contributed by atoms with Crippen molar-refractivity contribution in [3.8, 4) is 0 Å². The fraction of sp³-hybridized carbons (Fsp3) is 1.00. The molecule has 0 spiro atoms. The van der Waals surface area contributed by atoms with Crippen molar-refractivity contribution >= 4 is 0 Å². The van der Waals surface area contributed by atoms with Crippen molar-refractivity contribution in [1.82, 2.24) is 15.1 Å². The molecule has 1 heterocycles. The van der Waals surface area contributed by atoms with Crippen molar-refractivity contribution in [3.63, 3.8) is 0 Å². The van der Waals surface area contributed by atoms with Crippen LogP contribution in [-0.4, -0.2) is 62.2 Å². The maximum atomic E-state index is 3.65. The molecular weight excluding hydrogens is 234 g/mol. The fourth-order valence-corrected chi connectivity index (χ4v) is 3.20. The second-order valence-corrected chi connectivity index (χ2v) is 7.37. The van der Waals surface area contributed by atoms with E-state index >= 15 is 0 Å². The molecule has 0 amide bonds. The summed E-state index contributed by atoms with van der Waals surface area (Å²) < 4.78 is 0. The van der Waals surface area contributed by atoms with E-state index in [1.165, 1.54) is 26.1 Å². The van der Waals surface area contributed by atoms with Crippen LogP contribution in [0.1, 0.15) is 41.0 Å². The lowest BCUT2D eigenvalue weighted by Gasteiger charge is -2.36. The Kier molecular flexibility index (Phi) is 6.28. The van der Waals surface area contributed by atoms with Crippen LogP contribution in [0.5, 0.6) is 0 Å². The van der Waals surface area contributed by atoms with E-state index in [4.69, 9.17) is 0 Å². The third-order valence-electron chi connectivity index (χ3n) is 4.82. The fourth-order valence-electron chi connectivity index (χ4n) is 3.20. The highest BCUT2D eigenvalue weighted by atomic mass is 15.2. The summed E-state index contributed by atoms with van der Waals surface area (Å²) in [7, 11) is 4.42. The molecule has 0 aromatic carbocycles. The monoisotopic (exact) mass is 269 g/mol. The van der Waals surface area contributed by atoms with Gasteiger partial charge < -0.3 is 15.1 Å². The molecule has 1 saturated heterocycles. The second kappa shape index (κ2) is 7.05. The molecule has 0 saturated carbocycles. The zero-order chi connectivity index (χ0) is 14.6. The molecule has 0 bridgehead atoms. The molecule has 1 aliphatic rings.